The first kappa shape index (κ1) is 35.6. The second-order valence-electron chi connectivity index (χ2n) is 9.94. The molecular formula is C34H50N4O5. The van der Waals surface area contributed by atoms with Crippen LogP contribution < -0.4 is 20.7 Å². The van der Waals surface area contributed by atoms with Crippen LogP contribution in [0.15, 0.2) is 78.9 Å². The molecule has 0 amide bonds. The first-order chi connectivity index (χ1) is 20.9. The lowest BCUT2D eigenvalue weighted by Crippen LogP contribution is -2.32. The highest BCUT2D eigenvalue weighted by atomic mass is 16.6. The molecule has 0 aliphatic rings. The Balaban J connectivity index is 0.000000303. The van der Waals surface area contributed by atoms with Crippen LogP contribution >= 0.6 is 0 Å². The van der Waals surface area contributed by atoms with Gasteiger partial charge in [-0.05, 0) is 80.1 Å². The van der Waals surface area contributed by atoms with Gasteiger partial charge in [0.15, 0.2) is 0 Å². The molecule has 3 aromatic rings. The fraction of sp³-hybridized carbons (Fsp3) is 0.441. The summed E-state index contributed by atoms with van der Waals surface area (Å²) in [7, 11) is 0. The molecule has 3 aromatic carbocycles. The monoisotopic (exact) mass is 594 g/mol. The first-order valence-electron chi connectivity index (χ1n) is 15.2. The molecule has 3 rings (SSSR count). The zero-order valence-electron chi connectivity index (χ0n) is 26.2. The number of ether oxygens (including phenoxy) is 2. The Bertz CT molecular complexity index is 1120. The van der Waals surface area contributed by atoms with Crippen molar-refractivity contribution in [3.63, 3.8) is 0 Å². The molecule has 0 radical (unpaired) electrons. The summed E-state index contributed by atoms with van der Waals surface area (Å²) >= 11 is 0. The van der Waals surface area contributed by atoms with E-state index in [2.05, 4.69) is 43.0 Å². The SMILES string of the molecule is CCN(CC)CCONc1ccc(OCCN(CC)CC)cc1.N[C@H](Cc1ccc(OCc2ccccc2)cc1)C(=O)O. The minimum atomic E-state index is -0.991. The number of hydrogen-bond acceptors (Lipinski definition) is 8. The van der Waals surface area contributed by atoms with Gasteiger partial charge in [-0.1, -0.05) is 70.2 Å². The topological polar surface area (TPSA) is 110 Å². The van der Waals surface area contributed by atoms with E-state index in [4.69, 9.17) is 25.2 Å². The maximum atomic E-state index is 10.7. The van der Waals surface area contributed by atoms with Crippen molar-refractivity contribution in [2.45, 2.75) is 46.8 Å². The van der Waals surface area contributed by atoms with Crippen molar-refractivity contribution in [2.24, 2.45) is 5.73 Å². The number of hydrogen-bond donors (Lipinski definition) is 3. The molecule has 0 saturated carbocycles. The Morgan fingerprint density at radius 2 is 1.28 bits per heavy atom. The van der Waals surface area contributed by atoms with E-state index in [1.54, 1.807) is 0 Å². The van der Waals surface area contributed by atoms with Crippen LogP contribution in [0.25, 0.3) is 0 Å². The van der Waals surface area contributed by atoms with Gasteiger partial charge < -0.3 is 30.1 Å². The number of rotatable bonds is 19. The molecule has 0 fully saturated rings. The number of nitrogens with zero attached hydrogens (tertiary/aromatic N) is 2. The Kier molecular flexibility index (Phi) is 17.5. The van der Waals surface area contributed by atoms with Gasteiger partial charge in [0, 0.05) is 13.1 Å². The van der Waals surface area contributed by atoms with Crippen LogP contribution in [0.5, 0.6) is 11.5 Å². The molecule has 43 heavy (non-hydrogen) atoms. The Morgan fingerprint density at radius 1 is 0.744 bits per heavy atom. The molecule has 0 heterocycles. The van der Waals surface area contributed by atoms with Gasteiger partial charge in [0.2, 0.25) is 0 Å². The summed E-state index contributed by atoms with van der Waals surface area (Å²) in [5, 5.41) is 8.76. The van der Waals surface area contributed by atoms with E-state index in [1.807, 2.05) is 78.9 Å². The van der Waals surface area contributed by atoms with Gasteiger partial charge in [0.05, 0.1) is 12.3 Å². The number of nitrogens with one attached hydrogen (secondary N) is 1. The second-order valence-corrected chi connectivity index (χ2v) is 9.94. The van der Waals surface area contributed by atoms with Crippen LogP contribution in [0.1, 0.15) is 38.8 Å². The quantitative estimate of drug-likeness (QED) is 0.126. The van der Waals surface area contributed by atoms with E-state index in [0.29, 0.717) is 19.6 Å². The minimum absolute atomic E-state index is 0.314. The number of carboxylic acids is 1. The van der Waals surface area contributed by atoms with Gasteiger partial charge in [-0.3, -0.25) is 15.1 Å². The zero-order chi connectivity index (χ0) is 31.3. The zero-order valence-corrected chi connectivity index (χ0v) is 26.2. The van der Waals surface area contributed by atoms with Crippen LogP contribution in [-0.4, -0.2) is 79.4 Å². The molecule has 236 valence electrons. The number of carboxylic acid groups (broad SMARTS) is 1. The molecule has 0 spiro atoms. The number of likely N-dealkylation sites (N-methyl/N-ethyl adjacent to an activating group) is 2. The number of anilines is 1. The number of nitrogens with two attached hydrogens (primary N) is 1. The maximum absolute atomic E-state index is 10.7. The van der Waals surface area contributed by atoms with Crippen molar-refractivity contribution in [2.75, 3.05) is 58.0 Å². The van der Waals surface area contributed by atoms with Crippen molar-refractivity contribution >= 4 is 11.7 Å². The number of benzene rings is 3. The molecule has 1 atom stereocenters. The lowest BCUT2D eigenvalue weighted by Gasteiger charge is -2.18. The fourth-order valence-electron chi connectivity index (χ4n) is 4.10. The van der Waals surface area contributed by atoms with Crippen LogP contribution in [0.4, 0.5) is 5.69 Å². The highest BCUT2D eigenvalue weighted by Gasteiger charge is 2.11. The van der Waals surface area contributed by atoms with Gasteiger partial charge >= 0.3 is 5.97 Å². The molecule has 9 heteroatoms. The fourth-order valence-corrected chi connectivity index (χ4v) is 4.10. The van der Waals surface area contributed by atoms with Crippen LogP contribution in [0.3, 0.4) is 0 Å². The van der Waals surface area contributed by atoms with Crippen molar-refractivity contribution in [3.8, 4) is 11.5 Å². The highest BCUT2D eigenvalue weighted by Crippen LogP contribution is 2.16. The van der Waals surface area contributed by atoms with E-state index < -0.39 is 12.0 Å². The third-order valence-electron chi connectivity index (χ3n) is 6.96. The van der Waals surface area contributed by atoms with E-state index >= 15 is 0 Å². The second kappa shape index (κ2) is 21.1. The van der Waals surface area contributed by atoms with Crippen molar-refractivity contribution in [1.29, 1.82) is 0 Å². The molecule has 0 saturated heterocycles. The number of carbonyl (C=O) groups is 1. The van der Waals surface area contributed by atoms with E-state index in [-0.39, 0.29) is 0 Å². The van der Waals surface area contributed by atoms with E-state index in [0.717, 1.165) is 74.2 Å². The summed E-state index contributed by atoms with van der Waals surface area (Å²) in [5.74, 6) is 0.654. The summed E-state index contributed by atoms with van der Waals surface area (Å²) in [6.07, 6.45) is 0.314. The Labute approximate surface area is 257 Å². The maximum Gasteiger partial charge on any atom is 0.320 e. The minimum Gasteiger partial charge on any atom is -0.492 e. The molecule has 0 aliphatic carbocycles. The molecule has 9 nitrogen and oxygen atoms in total. The smallest absolute Gasteiger partial charge is 0.320 e. The van der Waals surface area contributed by atoms with Crippen molar-refractivity contribution in [1.82, 2.24) is 9.80 Å². The van der Waals surface area contributed by atoms with Crippen molar-refractivity contribution < 1.29 is 24.2 Å². The average Bonchev–Trinajstić information content (AvgIpc) is 3.04. The first-order valence-corrected chi connectivity index (χ1v) is 15.2. The molecule has 0 aliphatic heterocycles. The van der Waals surface area contributed by atoms with Crippen molar-refractivity contribution in [3.05, 3.63) is 90.0 Å². The van der Waals surface area contributed by atoms with Crippen LogP contribution in [0, 0.1) is 0 Å². The lowest BCUT2D eigenvalue weighted by molar-refractivity contribution is -0.138. The molecule has 0 aromatic heterocycles. The summed E-state index contributed by atoms with van der Waals surface area (Å²) in [5.41, 5.74) is 11.4. The average molecular weight is 595 g/mol. The van der Waals surface area contributed by atoms with Gasteiger partial charge in [0.1, 0.15) is 30.8 Å². The summed E-state index contributed by atoms with van der Waals surface area (Å²) in [4.78, 5) is 20.9. The Morgan fingerprint density at radius 3 is 1.84 bits per heavy atom. The predicted molar refractivity (Wildman–Crippen MR) is 174 cm³/mol. The molecule has 4 N–H and O–H groups in total. The van der Waals surface area contributed by atoms with E-state index in [1.165, 1.54) is 0 Å². The van der Waals surface area contributed by atoms with Crippen LogP contribution in [0.2, 0.25) is 0 Å². The molecule has 0 unspecified atom stereocenters. The largest absolute Gasteiger partial charge is 0.492 e. The van der Waals surface area contributed by atoms with Gasteiger partial charge in [0.25, 0.3) is 0 Å². The molecule has 0 bridgehead atoms. The highest BCUT2D eigenvalue weighted by molar-refractivity contribution is 5.73. The van der Waals surface area contributed by atoms with Gasteiger partial charge in [-0.15, -0.1) is 0 Å². The van der Waals surface area contributed by atoms with E-state index in [9.17, 15) is 4.79 Å². The normalized spacial score (nSPS) is 11.5. The summed E-state index contributed by atoms with van der Waals surface area (Å²) in [6, 6.07) is 24.2. The van der Waals surface area contributed by atoms with Gasteiger partial charge in [-0.25, -0.2) is 0 Å². The Hall–Kier alpha value is -3.63. The summed E-state index contributed by atoms with van der Waals surface area (Å²) in [6.45, 7) is 16.7. The summed E-state index contributed by atoms with van der Waals surface area (Å²) < 4.78 is 11.4. The lowest BCUT2D eigenvalue weighted by atomic mass is 10.1. The van der Waals surface area contributed by atoms with Crippen LogP contribution in [-0.2, 0) is 22.7 Å². The third-order valence-corrected chi connectivity index (χ3v) is 6.96. The molecular weight excluding hydrogens is 544 g/mol. The number of aliphatic carboxylic acids is 1. The standard InChI is InChI=1S/C18H33N3O2.C16H17NO3/c1-5-20(6-2)13-15-22-18-11-9-17(10-12-18)19-23-16-14-21(7-3)8-4;17-15(16(18)19)10-12-6-8-14(9-7-12)20-11-13-4-2-1-3-5-13/h9-12,19H,5-8,13-16H2,1-4H3;1-9,15H,10-11,17H2,(H,18,19)/t;15-/m.1/s1. The third kappa shape index (κ3) is 14.9. The predicted octanol–water partition coefficient (Wildman–Crippen LogP) is 5.31. The van der Waals surface area contributed by atoms with Gasteiger partial charge in [-0.2, -0.15) is 0 Å².